The van der Waals surface area contributed by atoms with E-state index < -0.39 is 10.0 Å². The zero-order chi connectivity index (χ0) is 16.2. The number of nitrogens with zero attached hydrogens (tertiary/aromatic N) is 2. The van der Waals surface area contributed by atoms with Crippen LogP contribution in [0.1, 0.15) is 11.1 Å². The highest BCUT2D eigenvalue weighted by Crippen LogP contribution is 2.24. The average Bonchev–Trinajstić information content (AvgIpc) is 2.47. The number of sulfonamides is 1. The first-order chi connectivity index (χ1) is 10.4. The van der Waals surface area contributed by atoms with Gasteiger partial charge in [-0.3, -0.25) is 4.98 Å². The summed E-state index contributed by atoms with van der Waals surface area (Å²) in [4.78, 5) is 4.17. The standard InChI is InChI=1S/C15H17ClN2O3S/c1-12-9-14(16)4-5-15(12)22(20,21)18(7-8-19)11-13-3-2-6-17-10-13/h2-6,9-10,19H,7-8,11H2,1H3. The largest absolute Gasteiger partial charge is 0.395 e. The normalized spacial score (nSPS) is 11.8. The summed E-state index contributed by atoms with van der Waals surface area (Å²) >= 11 is 5.88. The van der Waals surface area contributed by atoms with E-state index in [1.165, 1.54) is 10.4 Å². The lowest BCUT2D eigenvalue weighted by Gasteiger charge is -2.22. The van der Waals surface area contributed by atoms with Crippen LogP contribution in [0.25, 0.3) is 0 Å². The van der Waals surface area contributed by atoms with Crippen molar-refractivity contribution >= 4 is 21.6 Å². The van der Waals surface area contributed by atoms with E-state index in [-0.39, 0.29) is 24.6 Å². The second-order valence-electron chi connectivity index (χ2n) is 4.83. The van der Waals surface area contributed by atoms with E-state index in [0.29, 0.717) is 10.6 Å². The Hall–Kier alpha value is -1.47. The van der Waals surface area contributed by atoms with E-state index in [1.54, 1.807) is 43.6 Å². The lowest BCUT2D eigenvalue weighted by atomic mass is 10.2. The molecular weight excluding hydrogens is 324 g/mol. The molecule has 0 radical (unpaired) electrons. The molecule has 0 unspecified atom stereocenters. The molecule has 0 atom stereocenters. The van der Waals surface area contributed by atoms with E-state index in [2.05, 4.69) is 4.98 Å². The van der Waals surface area contributed by atoms with E-state index in [4.69, 9.17) is 11.6 Å². The number of benzene rings is 1. The van der Waals surface area contributed by atoms with Crippen LogP contribution in [0.3, 0.4) is 0 Å². The maximum absolute atomic E-state index is 12.8. The second-order valence-corrected chi connectivity index (χ2v) is 7.18. The average molecular weight is 341 g/mol. The van der Waals surface area contributed by atoms with E-state index in [0.717, 1.165) is 5.56 Å². The molecule has 0 amide bonds. The first kappa shape index (κ1) is 16.9. The van der Waals surface area contributed by atoms with Crippen LogP contribution in [0.15, 0.2) is 47.6 Å². The fourth-order valence-electron chi connectivity index (χ4n) is 2.13. The summed E-state index contributed by atoms with van der Waals surface area (Å²) < 4.78 is 26.9. The summed E-state index contributed by atoms with van der Waals surface area (Å²) in [5.74, 6) is 0. The molecule has 1 heterocycles. The molecule has 2 rings (SSSR count). The minimum Gasteiger partial charge on any atom is -0.395 e. The molecule has 0 fully saturated rings. The second kappa shape index (κ2) is 7.19. The SMILES string of the molecule is Cc1cc(Cl)ccc1S(=O)(=O)N(CCO)Cc1cccnc1. The zero-order valence-corrected chi connectivity index (χ0v) is 13.7. The highest BCUT2D eigenvalue weighted by Gasteiger charge is 2.26. The Kier molecular flexibility index (Phi) is 5.52. The topological polar surface area (TPSA) is 70.5 Å². The Morgan fingerprint density at radius 2 is 2.09 bits per heavy atom. The van der Waals surface area contributed by atoms with Gasteiger partial charge in [-0.05, 0) is 42.3 Å². The lowest BCUT2D eigenvalue weighted by molar-refractivity contribution is 0.251. The first-order valence-electron chi connectivity index (χ1n) is 6.71. The summed E-state index contributed by atoms with van der Waals surface area (Å²) in [5.41, 5.74) is 1.33. The number of aryl methyl sites for hydroxylation is 1. The van der Waals surface area contributed by atoms with Crippen LogP contribution in [-0.2, 0) is 16.6 Å². The van der Waals surface area contributed by atoms with E-state index in [9.17, 15) is 13.5 Å². The van der Waals surface area contributed by atoms with Gasteiger partial charge in [-0.15, -0.1) is 0 Å². The number of aliphatic hydroxyl groups excluding tert-OH is 1. The Labute approximate surface area is 135 Å². The fourth-order valence-corrected chi connectivity index (χ4v) is 3.98. The smallest absolute Gasteiger partial charge is 0.243 e. The maximum Gasteiger partial charge on any atom is 0.243 e. The van der Waals surface area contributed by atoms with Gasteiger partial charge in [0.05, 0.1) is 11.5 Å². The maximum atomic E-state index is 12.8. The molecule has 7 heteroatoms. The summed E-state index contributed by atoms with van der Waals surface area (Å²) in [7, 11) is -3.72. The van der Waals surface area contributed by atoms with Gasteiger partial charge in [0.25, 0.3) is 0 Å². The highest BCUT2D eigenvalue weighted by molar-refractivity contribution is 7.89. The highest BCUT2D eigenvalue weighted by atomic mass is 35.5. The molecule has 2 aromatic rings. The minimum atomic E-state index is -3.72. The first-order valence-corrected chi connectivity index (χ1v) is 8.53. The minimum absolute atomic E-state index is 0.0132. The Morgan fingerprint density at radius 3 is 2.68 bits per heavy atom. The molecule has 118 valence electrons. The van der Waals surface area contributed by atoms with Crippen LogP contribution in [-0.4, -0.2) is 36.0 Å². The van der Waals surface area contributed by atoms with Gasteiger partial charge >= 0.3 is 0 Å². The predicted octanol–water partition coefficient (Wildman–Crippen LogP) is 2.23. The summed E-state index contributed by atoms with van der Waals surface area (Å²) in [6.07, 6.45) is 3.23. The van der Waals surface area contributed by atoms with Crippen molar-refractivity contribution in [2.45, 2.75) is 18.4 Å². The van der Waals surface area contributed by atoms with E-state index >= 15 is 0 Å². The third-order valence-electron chi connectivity index (χ3n) is 3.19. The monoisotopic (exact) mass is 340 g/mol. The van der Waals surface area contributed by atoms with Crippen LogP contribution in [0.4, 0.5) is 0 Å². The Balaban J connectivity index is 2.37. The molecular formula is C15H17ClN2O3S. The van der Waals surface area contributed by atoms with Crippen LogP contribution < -0.4 is 0 Å². The molecule has 5 nitrogen and oxygen atoms in total. The number of halogens is 1. The van der Waals surface area contributed by atoms with Gasteiger partial charge in [0, 0.05) is 30.5 Å². The molecule has 0 aliphatic rings. The molecule has 1 aromatic heterocycles. The molecule has 0 bridgehead atoms. The predicted molar refractivity (Wildman–Crippen MR) is 85.1 cm³/mol. The number of rotatable bonds is 6. The number of aliphatic hydroxyl groups is 1. The Bertz CT molecular complexity index is 736. The van der Waals surface area contributed by atoms with Crippen molar-refractivity contribution in [1.82, 2.24) is 9.29 Å². The fraction of sp³-hybridized carbons (Fsp3) is 0.267. The quantitative estimate of drug-likeness (QED) is 0.875. The molecule has 0 saturated carbocycles. The molecule has 0 aliphatic heterocycles. The summed E-state index contributed by atoms with van der Waals surface area (Å²) in [6, 6.07) is 8.17. The Morgan fingerprint density at radius 1 is 1.32 bits per heavy atom. The van der Waals surface area contributed by atoms with Gasteiger partial charge in [-0.2, -0.15) is 4.31 Å². The lowest BCUT2D eigenvalue weighted by Crippen LogP contribution is -2.33. The van der Waals surface area contributed by atoms with Crippen molar-refractivity contribution in [3.63, 3.8) is 0 Å². The van der Waals surface area contributed by atoms with Crippen molar-refractivity contribution in [3.8, 4) is 0 Å². The van der Waals surface area contributed by atoms with Crippen molar-refractivity contribution in [2.24, 2.45) is 0 Å². The van der Waals surface area contributed by atoms with Gasteiger partial charge in [0.2, 0.25) is 10.0 Å². The van der Waals surface area contributed by atoms with Crippen LogP contribution >= 0.6 is 11.6 Å². The van der Waals surface area contributed by atoms with Gasteiger partial charge in [0.1, 0.15) is 0 Å². The van der Waals surface area contributed by atoms with Gasteiger partial charge < -0.3 is 5.11 Å². The van der Waals surface area contributed by atoms with Crippen molar-refractivity contribution < 1.29 is 13.5 Å². The van der Waals surface area contributed by atoms with Gasteiger partial charge in [0.15, 0.2) is 0 Å². The number of aromatic nitrogens is 1. The third-order valence-corrected chi connectivity index (χ3v) is 5.43. The van der Waals surface area contributed by atoms with Crippen LogP contribution in [0.2, 0.25) is 5.02 Å². The number of hydrogen-bond donors (Lipinski definition) is 1. The molecule has 22 heavy (non-hydrogen) atoms. The van der Waals surface area contributed by atoms with E-state index in [1.807, 2.05) is 0 Å². The van der Waals surface area contributed by atoms with Gasteiger partial charge in [-0.1, -0.05) is 17.7 Å². The molecule has 0 spiro atoms. The van der Waals surface area contributed by atoms with Crippen molar-refractivity contribution in [3.05, 3.63) is 58.9 Å². The van der Waals surface area contributed by atoms with Gasteiger partial charge in [-0.25, -0.2) is 8.42 Å². The number of pyridine rings is 1. The molecule has 1 aromatic carbocycles. The molecule has 0 saturated heterocycles. The van der Waals surface area contributed by atoms with Crippen LogP contribution in [0, 0.1) is 6.92 Å². The van der Waals surface area contributed by atoms with Crippen LogP contribution in [0.5, 0.6) is 0 Å². The molecule has 1 N–H and O–H groups in total. The number of hydrogen-bond acceptors (Lipinski definition) is 4. The summed E-state index contributed by atoms with van der Waals surface area (Å²) in [6.45, 7) is 1.60. The van der Waals surface area contributed by atoms with Crippen molar-refractivity contribution in [1.29, 1.82) is 0 Å². The molecule has 0 aliphatic carbocycles. The van der Waals surface area contributed by atoms with Crippen molar-refractivity contribution in [2.75, 3.05) is 13.2 Å². The zero-order valence-electron chi connectivity index (χ0n) is 12.1. The summed E-state index contributed by atoms with van der Waals surface area (Å²) in [5, 5.41) is 9.68. The third kappa shape index (κ3) is 3.84.